The number of hydrogen-bond acceptors (Lipinski definition) is 4. The molecule has 0 bridgehead atoms. The first kappa shape index (κ1) is 24.6. The molecule has 0 saturated carbocycles. The molecule has 2 N–H and O–H groups in total. The minimum absolute atomic E-state index is 0.0677. The maximum atomic E-state index is 13.2. The van der Waals surface area contributed by atoms with Crippen molar-refractivity contribution in [3.05, 3.63) is 77.9 Å². The zero-order chi connectivity index (χ0) is 25.0. The Morgan fingerprint density at radius 1 is 1.00 bits per heavy atom. The topological polar surface area (TPSA) is 78.9 Å². The summed E-state index contributed by atoms with van der Waals surface area (Å²) >= 11 is 0. The predicted octanol–water partition coefficient (Wildman–Crippen LogP) is 5.79. The van der Waals surface area contributed by atoms with E-state index in [1.807, 2.05) is 81.4 Å². The number of phenolic OH excluding ortho intramolecular Hbond substituents is 1. The third-order valence-electron chi connectivity index (χ3n) is 6.41. The number of carbonyl (C=O) groups is 2. The molecular weight excluding hydrogens is 440 g/mol. The van der Waals surface area contributed by atoms with Crippen LogP contribution in [0.25, 0.3) is 10.8 Å². The molecule has 1 unspecified atom stereocenters. The lowest BCUT2D eigenvalue weighted by molar-refractivity contribution is -0.122. The van der Waals surface area contributed by atoms with Crippen molar-refractivity contribution in [2.24, 2.45) is 5.92 Å². The van der Waals surface area contributed by atoms with Crippen molar-refractivity contribution in [2.75, 3.05) is 13.1 Å². The van der Waals surface area contributed by atoms with Gasteiger partial charge in [-0.25, -0.2) is 4.79 Å². The van der Waals surface area contributed by atoms with Crippen LogP contribution < -0.4 is 5.32 Å². The summed E-state index contributed by atoms with van der Waals surface area (Å²) in [6, 6.07) is 20.7. The number of nitrogens with zero attached hydrogens (tertiary/aromatic N) is 1. The molecule has 3 aromatic carbocycles. The number of fused-ring (bicyclic) bond motifs is 1. The van der Waals surface area contributed by atoms with Crippen molar-refractivity contribution in [1.82, 2.24) is 10.2 Å². The second kappa shape index (κ2) is 10.4. The molecule has 184 valence electrons. The van der Waals surface area contributed by atoms with Crippen LogP contribution in [0.4, 0.5) is 4.79 Å². The van der Waals surface area contributed by atoms with Gasteiger partial charge in [-0.2, -0.15) is 0 Å². The smallest absolute Gasteiger partial charge is 0.410 e. The maximum Gasteiger partial charge on any atom is 0.410 e. The zero-order valence-electron chi connectivity index (χ0n) is 20.7. The van der Waals surface area contributed by atoms with Gasteiger partial charge in [-0.15, -0.1) is 0 Å². The van der Waals surface area contributed by atoms with Crippen molar-refractivity contribution in [2.45, 2.75) is 51.7 Å². The minimum atomic E-state index is -0.520. The fraction of sp³-hybridized carbons (Fsp3) is 0.379. The third kappa shape index (κ3) is 6.13. The lowest BCUT2D eigenvalue weighted by Crippen LogP contribution is -2.42. The first-order valence-electron chi connectivity index (χ1n) is 12.2. The van der Waals surface area contributed by atoms with Crippen LogP contribution in [-0.4, -0.2) is 40.7 Å². The van der Waals surface area contributed by atoms with Gasteiger partial charge in [0.1, 0.15) is 11.4 Å². The fourth-order valence-corrected chi connectivity index (χ4v) is 4.68. The van der Waals surface area contributed by atoms with E-state index >= 15 is 0 Å². The van der Waals surface area contributed by atoms with Crippen molar-refractivity contribution < 1.29 is 19.4 Å². The summed E-state index contributed by atoms with van der Waals surface area (Å²) < 4.78 is 5.47. The van der Waals surface area contributed by atoms with Crippen LogP contribution in [0.5, 0.6) is 5.75 Å². The molecule has 1 saturated heterocycles. The highest BCUT2D eigenvalue weighted by molar-refractivity contribution is 5.89. The number of carbonyl (C=O) groups excluding carboxylic acids is 2. The van der Waals surface area contributed by atoms with Crippen LogP contribution in [0.15, 0.2) is 66.7 Å². The van der Waals surface area contributed by atoms with Gasteiger partial charge >= 0.3 is 6.09 Å². The average molecular weight is 475 g/mol. The van der Waals surface area contributed by atoms with E-state index in [0.717, 1.165) is 29.2 Å². The van der Waals surface area contributed by atoms with Gasteiger partial charge in [-0.05, 0) is 61.9 Å². The van der Waals surface area contributed by atoms with Gasteiger partial charge in [0.05, 0.1) is 6.04 Å². The van der Waals surface area contributed by atoms with Gasteiger partial charge in [-0.1, -0.05) is 60.7 Å². The van der Waals surface area contributed by atoms with Crippen LogP contribution in [-0.2, 0) is 9.53 Å². The monoisotopic (exact) mass is 474 g/mol. The number of aromatic hydroxyl groups is 1. The molecule has 6 heteroatoms. The molecule has 0 aromatic heterocycles. The average Bonchev–Trinajstić information content (AvgIpc) is 2.83. The summed E-state index contributed by atoms with van der Waals surface area (Å²) in [6.45, 7) is 6.74. The quantitative estimate of drug-likeness (QED) is 0.491. The molecule has 35 heavy (non-hydrogen) atoms. The SMILES string of the molecule is CC(C)(C)OC(=O)N1CCC(CC(=O)NC(c2ccccc2)c2c(O)ccc3ccccc23)CC1. The maximum absolute atomic E-state index is 13.2. The Balaban J connectivity index is 1.48. The molecule has 4 rings (SSSR count). The van der Waals surface area contributed by atoms with Crippen LogP contribution >= 0.6 is 0 Å². The molecule has 1 aliphatic heterocycles. The number of likely N-dealkylation sites (tertiary alicyclic amines) is 1. The largest absolute Gasteiger partial charge is 0.508 e. The lowest BCUT2D eigenvalue weighted by Gasteiger charge is -2.33. The van der Waals surface area contributed by atoms with Crippen LogP contribution in [0, 0.1) is 5.92 Å². The zero-order valence-corrected chi connectivity index (χ0v) is 20.7. The van der Waals surface area contributed by atoms with Crippen molar-refractivity contribution in [1.29, 1.82) is 0 Å². The van der Waals surface area contributed by atoms with Crippen LogP contribution in [0.1, 0.15) is 57.2 Å². The number of benzene rings is 3. The summed E-state index contributed by atoms with van der Waals surface area (Å²) in [6.07, 6.45) is 1.58. The van der Waals surface area contributed by atoms with Crippen LogP contribution in [0.3, 0.4) is 0 Å². The van der Waals surface area contributed by atoms with Gasteiger partial charge in [-0.3, -0.25) is 4.79 Å². The van der Waals surface area contributed by atoms with Gasteiger partial charge in [0, 0.05) is 25.1 Å². The molecular formula is C29H34N2O4. The summed E-state index contributed by atoms with van der Waals surface area (Å²) in [5.74, 6) is 0.275. The molecule has 1 atom stereocenters. The molecule has 3 aromatic rings. The van der Waals surface area contributed by atoms with Gasteiger partial charge in [0.2, 0.25) is 5.91 Å². The first-order valence-corrected chi connectivity index (χ1v) is 12.2. The van der Waals surface area contributed by atoms with E-state index in [0.29, 0.717) is 25.1 Å². The van der Waals surface area contributed by atoms with Crippen molar-refractivity contribution >= 4 is 22.8 Å². The molecule has 0 spiro atoms. The number of hydrogen-bond donors (Lipinski definition) is 2. The van der Waals surface area contributed by atoms with E-state index in [9.17, 15) is 14.7 Å². The summed E-state index contributed by atoms with van der Waals surface area (Å²) in [5, 5.41) is 15.9. The fourth-order valence-electron chi connectivity index (χ4n) is 4.68. The molecule has 1 fully saturated rings. The number of amides is 2. The van der Waals surface area contributed by atoms with E-state index in [2.05, 4.69) is 5.32 Å². The predicted molar refractivity (Wildman–Crippen MR) is 137 cm³/mol. The highest BCUT2D eigenvalue weighted by Gasteiger charge is 2.29. The molecule has 1 aliphatic rings. The minimum Gasteiger partial charge on any atom is -0.508 e. The number of phenols is 1. The first-order chi connectivity index (χ1) is 16.7. The molecule has 6 nitrogen and oxygen atoms in total. The van der Waals surface area contributed by atoms with Gasteiger partial charge in [0.25, 0.3) is 0 Å². The van der Waals surface area contributed by atoms with E-state index in [4.69, 9.17) is 4.74 Å². The Morgan fingerprint density at radius 2 is 1.66 bits per heavy atom. The summed E-state index contributed by atoms with van der Waals surface area (Å²) in [4.78, 5) is 27.3. The number of nitrogens with one attached hydrogen (secondary N) is 1. The molecule has 2 amide bonds. The Morgan fingerprint density at radius 3 is 2.34 bits per heavy atom. The Bertz CT molecular complexity index is 1180. The van der Waals surface area contributed by atoms with E-state index in [1.54, 1.807) is 11.0 Å². The Kier molecular flexibility index (Phi) is 7.29. The number of piperidine rings is 1. The van der Waals surface area contributed by atoms with Crippen molar-refractivity contribution in [3.63, 3.8) is 0 Å². The second-order valence-corrected chi connectivity index (χ2v) is 10.2. The summed E-state index contributed by atoms with van der Waals surface area (Å²) in [7, 11) is 0. The Labute approximate surface area is 206 Å². The number of rotatable bonds is 5. The third-order valence-corrected chi connectivity index (χ3v) is 6.41. The van der Waals surface area contributed by atoms with E-state index < -0.39 is 11.6 Å². The standard InChI is InChI=1S/C29H34N2O4/c1-29(2,3)35-28(34)31-17-15-20(16-18-31)19-25(33)30-27(22-10-5-4-6-11-22)26-23-12-8-7-9-21(23)13-14-24(26)32/h4-14,20,27,32H,15-19H2,1-3H3,(H,30,33). The lowest BCUT2D eigenvalue weighted by atomic mass is 9.91. The van der Waals surface area contributed by atoms with Crippen LogP contribution in [0.2, 0.25) is 0 Å². The van der Waals surface area contributed by atoms with Gasteiger partial charge < -0.3 is 20.1 Å². The Hall–Kier alpha value is -3.54. The number of ether oxygens (including phenoxy) is 1. The highest BCUT2D eigenvalue weighted by Crippen LogP contribution is 2.36. The summed E-state index contributed by atoms with van der Waals surface area (Å²) in [5.41, 5.74) is 1.09. The molecule has 0 radical (unpaired) electrons. The van der Waals surface area contributed by atoms with Gasteiger partial charge in [0.15, 0.2) is 0 Å². The van der Waals surface area contributed by atoms with Crippen molar-refractivity contribution in [3.8, 4) is 5.75 Å². The molecule has 1 heterocycles. The second-order valence-electron chi connectivity index (χ2n) is 10.2. The highest BCUT2D eigenvalue weighted by atomic mass is 16.6. The van der Waals surface area contributed by atoms with E-state index in [-0.39, 0.29) is 23.7 Å². The normalized spacial score (nSPS) is 15.6. The van der Waals surface area contributed by atoms with E-state index in [1.165, 1.54) is 0 Å². The molecule has 0 aliphatic carbocycles.